The summed E-state index contributed by atoms with van der Waals surface area (Å²) in [4.78, 5) is 38.6. The third-order valence-corrected chi connectivity index (χ3v) is 2.90. The molecule has 0 fully saturated rings. The van der Waals surface area contributed by atoms with Crippen LogP contribution in [0.25, 0.3) is 0 Å². The van der Waals surface area contributed by atoms with Gasteiger partial charge in [-0.2, -0.15) is 0 Å². The topological polar surface area (TPSA) is 105 Å². The molecule has 0 bridgehead atoms. The van der Waals surface area contributed by atoms with Gasteiger partial charge in [-0.15, -0.1) is 11.3 Å². The Morgan fingerprint density at radius 3 is 2.83 bits per heavy atom. The van der Waals surface area contributed by atoms with Gasteiger partial charge in [0.05, 0.1) is 5.69 Å². The predicted octanol–water partition coefficient (Wildman–Crippen LogP) is -0.276. The van der Waals surface area contributed by atoms with Gasteiger partial charge in [0.2, 0.25) is 6.41 Å². The van der Waals surface area contributed by atoms with E-state index in [1.54, 1.807) is 12.3 Å². The van der Waals surface area contributed by atoms with Gasteiger partial charge in [-0.1, -0.05) is 0 Å². The number of nitrogens with two attached hydrogens (primary N) is 1. The van der Waals surface area contributed by atoms with Crippen molar-refractivity contribution in [3.05, 3.63) is 11.1 Å². The Bertz CT molecular complexity index is 446. The molecule has 0 aromatic carbocycles. The van der Waals surface area contributed by atoms with Gasteiger partial charge in [0.1, 0.15) is 0 Å². The second-order valence-electron chi connectivity index (χ2n) is 3.49. The van der Waals surface area contributed by atoms with Crippen LogP contribution >= 0.6 is 11.3 Å². The number of amides is 3. The number of hydrogen-bond acceptors (Lipinski definition) is 6. The molecule has 98 valence electrons. The number of nitrogens with zero attached hydrogens (tertiary/aromatic N) is 2. The van der Waals surface area contributed by atoms with Gasteiger partial charge in [0.15, 0.2) is 5.13 Å². The van der Waals surface area contributed by atoms with E-state index in [0.717, 1.165) is 10.6 Å². The predicted molar refractivity (Wildman–Crippen MR) is 66.9 cm³/mol. The smallest absolute Gasteiger partial charge is 0.318 e. The molecule has 0 aliphatic heterocycles. The molecule has 0 radical (unpaired) electrons. The summed E-state index contributed by atoms with van der Waals surface area (Å²) in [5.74, 6) is -1.79. The van der Waals surface area contributed by atoms with Crippen LogP contribution in [-0.4, -0.2) is 41.2 Å². The Kier molecular flexibility index (Phi) is 5.40. The molecule has 1 rings (SSSR count). The minimum absolute atomic E-state index is 0.128. The maximum Gasteiger partial charge on any atom is 0.318 e. The first-order valence-electron chi connectivity index (χ1n) is 5.28. The molecule has 3 N–H and O–H groups in total. The maximum atomic E-state index is 11.6. The van der Waals surface area contributed by atoms with E-state index in [-0.39, 0.29) is 6.54 Å². The van der Waals surface area contributed by atoms with E-state index in [9.17, 15) is 14.4 Å². The van der Waals surface area contributed by atoms with Crippen molar-refractivity contribution in [2.45, 2.75) is 13.3 Å². The fourth-order valence-corrected chi connectivity index (χ4v) is 1.84. The molecule has 1 heterocycles. The van der Waals surface area contributed by atoms with Crippen molar-refractivity contribution in [2.75, 3.05) is 18.4 Å². The van der Waals surface area contributed by atoms with Crippen LogP contribution < -0.4 is 11.1 Å². The minimum Gasteiger partial charge on any atom is -0.330 e. The van der Waals surface area contributed by atoms with Crippen LogP contribution in [0.1, 0.15) is 12.1 Å². The summed E-state index contributed by atoms with van der Waals surface area (Å²) in [5, 5.41) is 4.41. The normalized spacial score (nSPS) is 9.89. The summed E-state index contributed by atoms with van der Waals surface area (Å²) >= 11 is 1.21. The Morgan fingerprint density at radius 2 is 2.33 bits per heavy atom. The standard InChI is InChI=1S/C10H14N4O3S/c1-7-5-18-10(12-7)13-8(16)9(17)14(6-15)4-2-3-11/h5-6H,2-4,11H2,1H3,(H,12,13,16). The molecule has 1 aromatic heterocycles. The number of aromatic nitrogens is 1. The van der Waals surface area contributed by atoms with E-state index in [2.05, 4.69) is 10.3 Å². The number of thiazole rings is 1. The number of imide groups is 1. The Hall–Kier alpha value is -1.80. The zero-order valence-corrected chi connectivity index (χ0v) is 10.7. The van der Waals surface area contributed by atoms with E-state index in [4.69, 9.17) is 5.73 Å². The molecule has 8 heteroatoms. The highest BCUT2D eigenvalue weighted by Crippen LogP contribution is 2.14. The van der Waals surface area contributed by atoms with Crippen LogP contribution in [0.2, 0.25) is 0 Å². The Labute approximate surface area is 108 Å². The number of rotatable bonds is 5. The summed E-state index contributed by atoms with van der Waals surface area (Å²) in [6, 6.07) is 0. The molecule has 0 saturated carbocycles. The van der Waals surface area contributed by atoms with Gasteiger partial charge in [-0.05, 0) is 19.9 Å². The van der Waals surface area contributed by atoms with Crippen molar-refractivity contribution < 1.29 is 14.4 Å². The van der Waals surface area contributed by atoms with E-state index < -0.39 is 11.8 Å². The lowest BCUT2D eigenvalue weighted by atomic mass is 10.4. The van der Waals surface area contributed by atoms with Gasteiger partial charge >= 0.3 is 11.8 Å². The minimum atomic E-state index is -0.911. The highest BCUT2D eigenvalue weighted by Gasteiger charge is 2.21. The molecule has 0 aliphatic rings. The zero-order valence-electron chi connectivity index (χ0n) is 9.88. The number of hydrogen-bond donors (Lipinski definition) is 2. The third kappa shape index (κ3) is 3.90. The van der Waals surface area contributed by atoms with Crippen molar-refractivity contribution in [1.82, 2.24) is 9.88 Å². The summed E-state index contributed by atoms with van der Waals surface area (Å²) < 4.78 is 0. The van der Waals surface area contributed by atoms with Crippen LogP contribution in [-0.2, 0) is 14.4 Å². The van der Waals surface area contributed by atoms with E-state index >= 15 is 0 Å². The van der Waals surface area contributed by atoms with E-state index in [1.165, 1.54) is 11.3 Å². The number of anilines is 1. The van der Waals surface area contributed by atoms with Gasteiger partial charge < -0.3 is 5.73 Å². The van der Waals surface area contributed by atoms with Crippen LogP contribution in [0.15, 0.2) is 5.38 Å². The molecule has 18 heavy (non-hydrogen) atoms. The fraction of sp³-hybridized carbons (Fsp3) is 0.400. The van der Waals surface area contributed by atoms with E-state index in [0.29, 0.717) is 24.5 Å². The van der Waals surface area contributed by atoms with Crippen molar-refractivity contribution in [3.63, 3.8) is 0 Å². The molecule has 0 saturated heterocycles. The highest BCUT2D eigenvalue weighted by atomic mass is 32.1. The number of aryl methyl sites for hydroxylation is 1. The first kappa shape index (κ1) is 14.3. The van der Waals surface area contributed by atoms with E-state index in [1.807, 2.05) is 0 Å². The number of carbonyl (C=O) groups is 3. The average molecular weight is 270 g/mol. The number of nitrogens with one attached hydrogen (secondary N) is 1. The summed E-state index contributed by atoms with van der Waals surface area (Å²) in [5.41, 5.74) is 6.02. The molecule has 0 unspecified atom stereocenters. The summed E-state index contributed by atoms with van der Waals surface area (Å²) in [7, 11) is 0. The molecule has 1 aromatic rings. The van der Waals surface area contributed by atoms with Gasteiger partial charge in [0, 0.05) is 11.9 Å². The molecule has 3 amide bonds. The Balaban J connectivity index is 2.59. The third-order valence-electron chi connectivity index (χ3n) is 2.02. The molecule has 7 nitrogen and oxygen atoms in total. The van der Waals surface area contributed by atoms with Gasteiger partial charge in [0.25, 0.3) is 0 Å². The number of carbonyl (C=O) groups excluding carboxylic acids is 3. The van der Waals surface area contributed by atoms with Crippen LogP contribution in [0, 0.1) is 6.92 Å². The second kappa shape index (κ2) is 6.82. The van der Waals surface area contributed by atoms with Gasteiger partial charge in [-0.25, -0.2) is 4.98 Å². The molecule has 0 atom stereocenters. The first-order chi connectivity index (χ1) is 8.58. The zero-order chi connectivity index (χ0) is 13.5. The quantitative estimate of drug-likeness (QED) is 0.565. The molecular formula is C10H14N4O3S. The average Bonchev–Trinajstić information content (AvgIpc) is 2.75. The largest absolute Gasteiger partial charge is 0.330 e. The van der Waals surface area contributed by atoms with Crippen LogP contribution in [0.4, 0.5) is 5.13 Å². The lowest BCUT2D eigenvalue weighted by molar-refractivity contribution is -0.146. The SMILES string of the molecule is Cc1csc(NC(=O)C(=O)N(C=O)CCCN)n1. The van der Waals surface area contributed by atoms with Crippen LogP contribution in [0.3, 0.4) is 0 Å². The summed E-state index contributed by atoms with van der Waals surface area (Å²) in [6.45, 7) is 2.24. The van der Waals surface area contributed by atoms with Crippen molar-refractivity contribution in [3.8, 4) is 0 Å². The first-order valence-corrected chi connectivity index (χ1v) is 6.16. The molecule has 0 aliphatic carbocycles. The van der Waals surface area contributed by atoms with Crippen molar-refractivity contribution >= 4 is 34.7 Å². The second-order valence-corrected chi connectivity index (χ2v) is 4.35. The molecule has 0 spiro atoms. The lowest BCUT2D eigenvalue weighted by Gasteiger charge is -2.13. The van der Waals surface area contributed by atoms with Crippen LogP contribution in [0.5, 0.6) is 0 Å². The molecular weight excluding hydrogens is 256 g/mol. The van der Waals surface area contributed by atoms with Crippen molar-refractivity contribution in [1.29, 1.82) is 0 Å². The Morgan fingerprint density at radius 1 is 1.61 bits per heavy atom. The maximum absolute atomic E-state index is 11.6. The highest BCUT2D eigenvalue weighted by molar-refractivity contribution is 7.14. The fourth-order valence-electron chi connectivity index (χ4n) is 1.16. The summed E-state index contributed by atoms with van der Waals surface area (Å²) in [6.07, 6.45) is 0.777. The van der Waals surface area contributed by atoms with Crippen molar-refractivity contribution in [2.24, 2.45) is 5.73 Å². The monoisotopic (exact) mass is 270 g/mol. The lowest BCUT2D eigenvalue weighted by Crippen LogP contribution is -2.39. The van der Waals surface area contributed by atoms with Gasteiger partial charge in [-0.3, -0.25) is 24.6 Å².